The molecule has 14 heavy (non-hydrogen) atoms. The highest BCUT2D eigenvalue weighted by Gasteiger charge is 2.15. The number of hydrogen-bond donors (Lipinski definition) is 1. The molecule has 0 amide bonds. The van der Waals surface area contributed by atoms with Crippen LogP contribution in [-0.4, -0.2) is 18.1 Å². The maximum Gasteiger partial charge on any atom is 0.215 e. The summed E-state index contributed by atoms with van der Waals surface area (Å²) in [6.07, 6.45) is 1.80. The first-order valence-electron chi connectivity index (χ1n) is 4.77. The Balaban J connectivity index is 2.07. The molecule has 0 radical (unpaired) electrons. The van der Waals surface area contributed by atoms with Crippen molar-refractivity contribution in [2.24, 2.45) is 5.92 Å². The van der Waals surface area contributed by atoms with E-state index in [4.69, 9.17) is 0 Å². The van der Waals surface area contributed by atoms with Crippen LogP contribution in [0.5, 0.6) is 0 Å². The van der Waals surface area contributed by atoms with Gasteiger partial charge in [0.05, 0.1) is 0 Å². The van der Waals surface area contributed by atoms with Crippen molar-refractivity contribution >= 4 is 0 Å². The quantitative estimate of drug-likeness (QED) is 0.729. The molecule has 4 heteroatoms. The highest BCUT2D eigenvalue weighted by molar-refractivity contribution is 5.13. The van der Waals surface area contributed by atoms with Gasteiger partial charge in [-0.3, -0.25) is 0 Å². The molecule has 0 bridgehead atoms. The van der Waals surface area contributed by atoms with Gasteiger partial charge < -0.3 is 5.32 Å². The van der Waals surface area contributed by atoms with Crippen molar-refractivity contribution in [1.82, 2.24) is 10.3 Å². The van der Waals surface area contributed by atoms with Crippen LogP contribution in [0, 0.1) is 17.8 Å². The van der Waals surface area contributed by atoms with E-state index in [9.17, 15) is 8.78 Å². The zero-order valence-corrected chi connectivity index (χ0v) is 7.76. The molecule has 1 aliphatic heterocycles. The summed E-state index contributed by atoms with van der Waals surface area (Å²) in [7, 11) is 0. The summed E-state index contributed by atoms with van der Waals surface area (Å²) in [5.41, 5.74) is 0.698. The third-order valence-electron chi connectivity index (χ3n) is 2.51. The van der Waals surface area contributed by atoms with Crippen LogP contribution in [0.15, 0.2) is 12.1 Å². The van der Waals surface area contributed by atoms with E-state index in [0.29, 0.717) is 11.5 Å². The van der Waals surface area contributed by atoms with E-state index in [-0.39, 0.29) is 0 Å². The van der Waals surface area contributed by atoms with E-state index in [1.807, 2.05) is 0 Å². The molecule has 2 rings (SSSR count). The predicted molar refractivity (Wildman–Crippen MR) is 48.8 cm³/mol. The van der Waals surface area contributed by atoms with Crippen LogP contribution in [0.1, 0.15) is 12.0 Å². The molecule has 0 spiro atoms. The monoisotopic (exact) mass is 198 g/mol. The molecule has 76 valence electrons. The fourth-order valence-electron chi connectivity index (χ4n) is 1.85. The van der Waals surface area contributed by atoms with Gasteiger partial charge >= 0.3 is 0 Å². The summed E-state index contributed by atoms with van der Waals surface area (Å²) in [5, 5.41) is 3.22. The van der Waals surface area contributed by atoms with Gasteiger partial charge in [-0.2, -0.15) is 13.8 Å². The van der Waals surface area contributed by atoms with Crippen LogP contribution in [-0.2, 0) is 6.42 Å². The molecular weight excluding hydrogens is 186 g/mol. The third kappa shape index (κ3) is 2.26. The van der Waals surface area contributed by atoms with Crippen LogP contribution < -0.4 is 5.32 Å². The van der Waals surface area contributed by atoms with Crippen LogP contribution >= 0.6 is 0 Å². The minimum Gasteiger partial charge on any atom is -0.316 e. The molecule has 0 aliphatic carbocycles. The van der Waals surface area contributed by atoms with Crippen molar-refractivity contribution in [2.75, 3.05) is 13.1 Å². The Hall–Kier alpha value is -1.03. The first-order valence-corrected chi connectivity index (χ1v) is 4.77. The second-order valence-electron chi connectivity index (χ2n) is 3.68. The normalized spacial score (nSPS) is 21.4. The molecule has 1 saturated heterocycles. The van der Waals surface area contributed by atoms with Crippen molar-refractivity contribution in [1.29, 1.82) is 0 Å². The van der Waals surface area contributed by atoms with Crippen LogP contribution in [0.4, 0.5) is 8.78 Å². The largest absolute Gasteiger partial charge is 0.316 e. The number of pyridine rings is 1. The average Bonchev–Trinajstić information content (AvgIpc) is 2.54. The van der Waals surface area contributed by atoms with Crippen molar-refractivity contribution in [3.8, 4) is 0 Å². The summed E-state index contributed by atoms with van der Waals surface area (Å²) >= 11 is 0. The van der Waals surface area contributed by atoms with Crippen LogP contribution in [0.3, 0.4) is 0 Å². The molecule has 2 nitrogen and oxygen atoms in total. The Bertz CT molecular complexity index is 302. The Morgan fingerprint density at radius 3 is 2.64 bits per heavy atom. The standard InChI is InChI=1S/C10H12F2N2/c11-9-4-8(5-10(12)14-9)3-7-1-2-13-6-7/h4-5,7,13H,1-3,6H2/t7-/m0/s1. The number of aromatic nitrogens is 1. The lowest BCUT2D eigenvalue weighted by Gasteiger charge is -2.07. The zero-order valence-electron chi connectivity index (χ0n) is 7.76. The topological polar surface area (TPSA) is 24.9 Å². The fourth-order valence-corrected chi connectivity index (χ4v) is 1.85. The van der Waals surface area contributed by atoms with E-state index in [0.717, 1.165) is 25.9 Å². The first kappa shape index (κ1) is 9.52. The highest BCUT2D eigenvalue weighted by atomic mass is 19.1. The lowest BCUT2D eigenvalue weighted by Crippen LogP contribution is -2.11. The molecule has 1 aliphatic rings. The maximum atomic E-state index is 12.7. The van der Waals surface area contributed by atoms with Gasteiger partial charge in [0.25, 0.3) is 0 Å². The molecular formula is C10H12F2N2. The number of nitrogens with zero attached hydrogens (tertiary/aromatic N) is 1. The van der Waals surface area contributed by atoms with E-state index in [1.54, 1.807) is 0 Å². The van der Waals surface area contributed by atoms with Crippen molar-refractivity contribution in [3.63, 3.8) is 0 Å². The summed E-state index contributed by atoms with van der Waals surface area (Å²) in [4.78, 5) is 3.06. The van der Waals surface area contributed by atoms with Gasteiger partial charge in [0, 0.05) is 0 Å². The van der Waals surface area contributed by atoms with Gasteiger partial charge in [0.1, 0.15) is 0 Å². The van der Waals surface area contributed by atoms with E-state index >= 15 is 0 Å². The molecule has 2 heterocycles. The molecule has 1 fully saturated rings. The van der Waals surface area contributed by atoms with Crippen LogP contribution in [0.25, 0.3) is 0 Å². The SMILES string of the molecule is Fc1cc(C[C@@H]2CCNC2)cc(F)n1. The van der Waals surface area contributed by atoms with E-state index in [1.165, 1.54) is 12.1 Å². The van der Waals surface area contributed by atoms with Gasteiger partial charge in [0.15, 0.2) is 0 Å². The van der Waals surface area contributed by atoms with Crippen LogP contribution in [0.2, 0.25) is 0 Å². The van der Waals surface area contributed by atoms with Gasteiger partial charge in [-0.05, 0) is 49.5 Å². The Morgan fingerprint density at radius 2 is 2.07 bits per heavy atom. The van der Waals surface area contributed by atoms with Gasteiger partial charge in [-0.25, -0.2) is 0 Å². The summed E-state index contributed by atoms with van der Waals surface area (Å²) in [5.74, 6) is -0.965. The minimum atomic E-state index is -0.731. The summed E-state index contributed by atoms with van der Waals surface area (Å²) in [6.45, 7) is 1.94. The van der Waals surface area contributed by atoms with Crippen molar-refractivity contribution in [2.45, 2.75) is 12.8 Å². The molecule has 1 N–H and O–H groups in total. The number of rotatable bonds is 2. The lowest BCUT2D eigenvalue weighted by molar-refractivity contribution is 0.502. The second kappa shape index (κ2) is 4.00. The van der Waals surface area contributed by atoms with Gasteiger partial charge in [-0.15, -0.1) is 0 Å². The van der Waals surface area contributed by atoms with E-state index in [2.05, 4.69) is 10.3 Å². The van der Waals surface area contributed by atoms with Gasteiger partial charge in [0.2, 0.25) is 11.9 Å². The predicted octanol–water partition coefficient (Wildman–Crippen LogP) is 1.51. The molecule has 1 aromatic rings. The number of halogens is 2. The highest BCUT2D eigenvalue weighted by Crippen LogP contribution is 2.15. The maximum absolute atomic E-state index is 12.7. The Kier molecular flexibility index (Phi) is 2.72. The molecule has 0 aromatic carbocycles. The summed E-state index contributed by atoms with van der Waals surface area (Å²) in [6, 6.07) is 2.61. The number of hydrogen-bond acceptors (Lipinski definition) is 2. The minimum absolute atomic E-state index is 0.496. The van der Waals surface area contributed by atoms with Gasteiger partial charge in [-0.1, -0.05) is 0 Å². The third-order valence-corrected chi connectivity index (χ3v) is 2.51. The van der Waals surface area contributed by atoms with E-state index < -0.39 is 11.9 Å². The Labute approximate surface area is 81.4 Å². The number of nitrogens with one attached hydrogen (secondary N) is 1. The Morgan fingerprint density at radius 1 is 1.36 bits per heavy atom. The lowest BCUT2D eigenvalue weighted by atomic mass is 9.99. The van der Waals surface area contributed by atoms with Crippen molar-refractivity contribution < 1.29 is 8.78 Å². The fraction of sp³-hybridized carbons (Fsp3) is 0.500. The molecule has 1 atom stereocenters. The van der Waals surface area contributed by atoms with Crippen molar-refractivity contribution in [3.05, 3.63) is 29.6 Å². The second-order valence-corrected chi connectivity index (χ2v) is 3.68. The summed E-state index contributed by atoms with van der Waals surface area (Å²) < 4.78 is 25.5. The zero-order chi connectivity index (χ0) is 9.97. The molecule has 0 saturated carbocycles. The molecule has 0 unspecified atom stereocenters. The first-order chi connectivity index (χ1) is 6.74. The smallest absolute Gasteiger partial charge is 0.215 e. The average molecular weight is 198 g/mol. The molecule has 1 aromatic heterocycles.